The summed E-state index contributed by atoms with van der Waals surface area (Å²) in [5, 5.41) is 0. The first-order valence-corrected chi connectivity index (χ1v) is 9.42. The van der Waals surface area contributed by atoms with Gasteiger partial charge in [-0.15, -0.1) is 0 Å². The smallest absolute Gasteiger partial charge is 0.333 e. The zero-order valence-electron chi connectivity index (χ0n) is 14.4. The van der Waals surface area contributed by atoms with Crippen molar-refractivity contribution in [3.8, 4) is 0 Å². The van der Waals surface area contributed by atoms with E-state index in [4.69, 9.17) is 9.47 Å². The van der Waals surface area contributed by atoms with Crippen molar-refractivity contribution >= 4 is 16.1 Å². The van der Waals surface area contributed by atoms with Crippen LogP contribution in [0.1, 0.15) is 34.6 Å². The summed E-state index contributed by atoms with van der Waals surface area (Å²) in [6.07, 6.45) is 0.351. The molecule has 0 N–H and O–H groups in total. The number of ether oxygens (including phenoxy) is 2. The molecule has 0 amide bonds. The quantitative estimate of drug-likeness (QED) is 0.161. The van der Waals surface area contributed by atoms with E-state index in [2.05, 4.69) is 6.58 Å². The Morgan fingerprint density at radius 3 is 2.17 bits per heavy atom. The van der Waals surface area contributed by atoms with E-state index in [-0.39, 0.29) is 19.8 Å². The lowest BCUT2D eigenvalue weighted by Crippen LogP contribution is -2.50. The number of quaternary nitrogens is 1. The van der Waals surface area contributed by atoms with Gasteiger partial charge < -0.3 is 18.5 Å². The summed E-state index contributed by atoms with van der Waals surface area (Å²) in [4.78, 5) is 11.2. The van der Waals surface area contributed by atoms with Crippen LogP contribution in [-0.4, -0.2) is 75.2 Å². The molecule has 24 heavy (non-hydrogen) atoms. The monoisotopic (exact) mass is 367 g/mol. The summed E-state index contributed by atoms with van der Waals surface area (Å²) in [6.45, 7) is 13.1. The third-order valence-electron chi connectivity index (χ3n) is 3.89. The van der Waals surface area contributed by atoms with Gasteiger partial charge in [-0.3, -0.25) is 0 Å². The Kier molecular flexibility index (Phi) is 13.1. The van der Waals surface area contributed by atoms with Crippen LogP contribution in [0.25, 0.3) is 0 Å². The Bertz CT molecular complexity index is 471. The highest BCUT2D eigenvalue weighted by atomic mass is 32.2. The average molecular weight is 368 g/mol. The van der Waals surface area contributed by atoms with Gasteiger partial charge in [0.15, 0.2) is 0 Å². The number of esters is 1. The van der Waals surface area contributed by atoms with Gasteiger partial charge in [-0.1, -0.05) is 14.0 Å². The third kappa shape index (κ3) is 11.6. The van der Waals surface area contributed by atoms with Gasteiger partial charge in [-0.25, -0.2) is 13.2 Å². The maximum Gasteiger partial charge on any atom is 0.333 e. The fourth-order valence-electron chi connectivity index (χ4n) is 2.22. The van der Waals surface area contributed by atoms with Crippen molar-refractivity contribution in [3.05, 3.63) is 12.2 Å². The van der Waals surface area contributed by atoms with Crippen molar-refractivity contribution in [2.24, 2.45) is 0 Å². The van der Waals surface area contributed by atoms with Crippen molar-refractivity contribution < 1.29 is 31.7 Å². The normalized spacial score (nSPS) is 11.7. The first kappa shape index (κ1) is 25.3. The van der Waals surface area contributed by atoms with Gasteiger partial charge in [0, 0.05) is 17.7 Å². The van der Waals surface area contributed by atoms with Gasteiger partial charge in [0.25, 0.3) is 0 Å². The standard InChI is InChI=1S/C15H29NO6S.CH4/c1-5-16(6-2,8-7-13-23(18,19)20)9-10-21-11-12-22-15(17)14(3)4;/h3,5-13H2,1-2,4H3;1H4. The van der Waals surface area contributed by atoms with Crippen molar-refractivity contribution in [1.82, 2.24) is 0 Å². The maximum absolute atomic E-state index is 11.2. The Labute approximate surface area is 147 Å². The number of rotatable bonds is 13. The minimum atomic E-state index is -4.16. The first-order valence-electron chi connectivity index (χ1n) is 7.85. The predicted octanol–water partition coefficient (Wildman–Crippen LogP) is 1.55. The second kappa shape index (κ2) is 12.4. The molecular weight excluding hydrogens is 334 g/mol. The molecule has 0 fully saturated rings. The fraction of sp³-hybridized carbons (Fsp3) is 0.812. The molecule has 0 unspecified atom stereocenters. The summed E-state index contributed by atoms with van der Waals surface area (Å²) in [5.41, 5.74) is 0.353. The van der Waals surface area contributed by atoms with E-state index in [0.717, 1.165) is 19.6 Å². The van der Waals surface area contributed by atoms with Crippen LogP contribution in [0.4, 0.5) is 0 Å². The molecule has 0 aromatic rings. The molecule has 0 aliphatic rings. The summed E-state index contributed by atoms with van der Waals surface area (Å²) >= 11 is 0. The number of likely N-dealkylation sites (N-methyl/N-ethyl adjacent to an activating group) is 1. The van der Waals surface area contributed by atoms with E-state index in [1.165, 1.54) is 0 Å². The Balaban J connectivity index is 0. The van der Waals surface area contributed by atoms with E-state index < -0.39 is 16.1 Å². The highest BCUT2D eigenvalue weighted by Gasteiger charge is 2.22. The van der Waals surface area contributed by atoms with E-state index >= 15 is 0 Å². The van der Waals surface area contributed by atoms with Gasteiger partial charge in [-0.05, 0) is 20.8 Å². The SMILES string of the molecule is C.C=C(C)C(=O)OCCOCC[N+](CC)(CC)CCCS(=O)(=O)[O-]. The number of hydrogen-bond donors (Lipinski definition) is 0. The van der Waals surface area contributed by atoms with Crippen LogP contribution in [0.2, 0.25) is 0 Å². The minimum absolute atomic E-state index is 0. The van der Waals surface area contributed by atoms with Crippen LogP contribution < -0.4 is 0 Å². The zero-order valence-corrected chi connectivity index (χ0v) is 15.2. The van der Waals surface area contributed by atoms with Crippen molar-refractivity contribution in [2.45, 2.75) is 34.6 Å². The fourth-order valence-corrected chi connectivity index (χ4v) is 2.70. The van der Waals surface area contributed by atoms with Crippen LogP contribution >= 0.6 is 0 Å². The largest absolute Gasteiger partial charge is 0.748 e. The molecule has 0 saturated heterocycles. The molecule has 0 bridgehead atoms. The molecule has 0 rings (SSSR count). The second-order valence-electron chi connectivity index (χ2n) is 5.57. The van der Waals surface area contributed by atoms with Crippen LogP contribution in [0.15, 0.2) is 12.2 Å². The van der Waals surface area contributed by atoms with E-state index in [0.29, 0.717) is 36.2 Å². The Morgan fingerprint density at radius 2 is 1.71 bits per heavy atom. The lowest BCUT2D eigenvalue weighted by Gasteiger charge is -2.37. The lowest BCUT2D eigenvalue weighted by molar-refractivity contribution is -0.925. The summed E-state index contributed by atoms with van der Waals surface area (Å²) in [7, 11) is -4.16. The molecule has 0 aromatic heterocycles. The topological polar surface area (TPSA) is 92.7 Å². The molecule has 0 aromatic carbocycles. The lowest BCUT2D eigenvalue weighted by atomic mass is 10.3. The maximum atomic E-state index is 11.2. The molecule has 0 spiro atoms. The minimum Gasteiger partial charge on any atom is -0.748 e. The highest BCUT2D eigenvalue weighted by molar-refractivity contribution is 7.85. The number of carbonyl (C=O) groups is 1. The van der Waals surface area contributed by atoms with Crippen molar-refractivity contribution in [2.75, 3.05) is 51.8 Å². The van der Waals surface area contributed by atoms with Gasteiger partial charge in [0.2, 0.25) is 0 Å². The van der Waals surface area contributed by atoms with Crippen molar-refractivity contribution in [3.63, 3.8) is 0 Å². The molecule has 0 saturated carbocycles. The molecular formula is C16H33NO6S. The molecule has 144 valence electrons. The third-order valence-corrected chi connectivity index (χ3v) is 4.68. The number of nitrogens with zero attached hydrogens (tertiary/aromatic N) is 1. The zero-order chi connectivity index (χ0) is 17.9. The molecule has 0 radical (unpaired) electrons. The van der Waals surface area contributed by atoms with Crippen LogP contribution in [0, 0.1) is 0 Å². The van der Waals surface area contributed by atoms with Crippen LogP contribution in [0.5, 0.6) is 0 Å². The Morgan fingerprint density at radius 1 is 1.12 bits per heavy atom. The Hall–Kier alpha value is -0.960. The summed E-state index contributed by atoms with van der Waals surface area (Å²) in [5.74, 6) is -0.760. The summed E-state index contributed by atoms with van der Waals surface area (Å²) in [6, 6.07) is 0. The van der Waals surface area contributed by atoms with Crippen LogP contribution in [-0.2, 0) is 24.4 Å². The number of hydrogen-bond acceptors (Lipinski definition) is 6. The van der Waals surface area contributed by atoms with E-state index in [1.807, 2.05) is 13.8 Å². The molecule has 0 aliphatic carbocycles. The highest BCUT2D eigenvalue weighted by Crippen LogP contribution is 2.08. The predicted molar refractivity (Wildman–Crippen MR) is 93.6 cm³/mol. The second-order valence-corrected chi connectivity index (χ2v) is 7.09. The molecule has 0 atom stereocenters. The molecule has 7 nitrogen and oxygen atoms in total. The molecule has 8 heteroatoms. The van der Waals surface area contributed by atoms with Gasteiger partial charge in [0.1, 0.15) is 13.2 Å². The van der Waals surface area contributed by atoms with Crippen molar-refractivity contribution in [1.29, 1.82) is 0 Å². The van der Waals surface area contributed by atoms with E-state index in [9.17, 15) is 17.8 Å². The van der Waals surface area contributed by atoms with Gasteiger partial charge in [0.05, 0.1) is 43.0 Å². The number of carbonyl (C=O) groups excluding carboxylic acids is 1. The first-order chi connectivity index (χ1) is 10.7. The van der Waals surface area contributed by atoms with E-state index in [1.54, 1.807) is 6.92 Å². The molecule has 0 aliphatic heterocycles. The van der Waals surface area contributed by atoms with Crippen LogP contribution in [0.3, 0.4) is 0 Å². The summed E-state index contributed by atoms with van der Waals surface area (Å²) < 4.78 is 43.2. The molecule has 0 heterocycles. The van der Waals surface area contributed by atoms with Gasteiger partial charge >= 0.3 is 5.97 Å². The average Bonchev–Trinajstić information content (AvgIpc) is 2.47. The van der Waals surface area contributed by atoms with Gasteiger partial charge in [-0.2, -0.15) is 0 Å².